The summed E-state index contributed by atoms with van der Waals surface area (Å²) in [4.78, 5) is 12.2. The van der Waals surface area contributed by atoms with Crippen LogP contribution >= 0.6 is 0 Å². The van der Waals surface area contributed by atoms with Gasteiger partial charge in [0.2, 0.25) is 11.9 Å². The summed E-state index contributed by atoms with van der Waals surface area (Å²) >= 11 is 0. The van der Waals surface area contributed by atoms with Gasteiger partial charge in [-0.05, 0) is 19.4 Å². The van der Waals surface area contributed by atoms with Crippen LogP contribution in [0.25, 0.3) is 0 Å². The lowest BCUT2D eigenvalue weighted by Gasteiger charge is -2.15. The number of methoxy groups -OCH3 is 1. The molecule has 0 saturated carbocycles. The number of hydrazine groups is 1. The van der Waals surface area contributed by atoms with Crippen LogP contribution < -0.4 is 21.3 Å². The van der Waals surface area contributed by atoms with Gasteiger partial charge in [-0.1, -0.05) is 29.8 Å². The lowest BCUT2D eigenvalue weighted by Crippen LogP contribution is -2.15. The predicted molar refractivity (Wildman–Crippen MR) is 77.4 cm³/mol. The number of benzene rings is 1. The number of ether oxygens (including phenoxy) is 1. The van der Waals surface area contributed by atoms with Crippen LogP contribution in [0.2, 0.25) is 0 Å². The zero-order chi connectivity index (χ0) is 14.5. The molecule has 0 aliphatic heterocycles. The third-order valence-corrected chi connectivity index (χ3v) is 2.85. The molecule has 0 bridgehead atoms. The minimum Gasteiger partial charge on any atom is -0.467 e. The number of nitrogens with one attached hydrogen (secondary N) is 2. The number of aromatic nitrogens is 3. The highest BCUT2D eigenvalue weighted by atomic mass is 16.5. The van der Waals surface area contributed by atoms with Crippen LogP contribution in [0.3, 0.4) is 0 Å². The number of nitrogen functional groups attached to an aromatic ring is 1. The van der Waals surface area contributed by atoms with Gasteiger partial charge in [0.05, 0.1) is 13.2 Å². The molecule has 1 atom stereocenters. The topological polar surface area (TPSA) is 98.0 Å². The Morgan fingerprint density at radius 2 is 1.75 bits per heavy atom. The first-order valence-corrected chi connectivity index (χ1v) is 6.22. The van der Waals surface area contributed by atoms with E-state index in [0.29, 0.717) is 5.95 Å². The van der Waals surface area contributed by atoms with Crippen molar-refractivity contribution in [1.29, 1.82) is 0 Å². The van der Waals surface area contributed by atoms with Gasteiger partial charge >= 0.3 is 6.01 Å². The summed E-state index contributed by atoms with van der Waals surface area (Å²) in [5, 5.41) is 3.19. The summed E-state index contributed by atoms with van der Waals surface area (Å²) in [5.74, 6) is 5.96. The van der Waals surface area contributed by atoms with E-state index in [0.717, 1.165) is 5.56 Å². The van der Waals surface area contributed by atoms with E-state index in [4.69, 9.17) is 10.6 Å². The van der Waals surface area contributed by atoms with E-state index >= 15 is 0 Å². The third kappa shape index (κ3) is 3.33. The van der Waals surface area contributed by atoms with Gasteiger partial charge in [0.15, 0.2) is 0 Å². The fourth-order valence-corrected chi connectivity index (χ4v) is 1.71. The summed E-state index contributed by atoms with van der Waals surface area (Å²) in [5.41, 5.74) is 4.74. The summed E-state index contributed by atoms with van der Waals surface area (Å²) in [7, 11) is 1.49. The lowest BCUT2D eigenvalue weighted by molar-refractivity contribution is 0.379. The second-order valence-corrected chi connectivity index (χ2v) is 4.39. The van der Waals surface area contributed by atoms with Gasteiger partial charge in [-0.25, -0.2) is 5.84 Å². The molecule has 0 spiro atoms. The Bertz CT molecular complexity index is 549. The van der Waals surface area contributed by atoms with Gasteiger partial charge in [0, 0.05) is 0 Å². The predicted octanol–water partition coefficient (Wildman–Crippen LogP) is 1.65. The maximum absolute atomic E-state index is 5.31. The molecule has 0 saturated heterocycles. The highest BCUT2D eigenvalue weighted by Gasteiger charge is 2.10. The van der Waals surface area contributed by atoms with Gasteiger partial charge in [0.1, 0.15) is 0 Å². The average Bonchev–Trinajstić information content (AvgIpc) is 2.47. The molecule has 1 heterocycles. The molecule has 0 radical (unpaired) electrons. The maximum atomic E-state index is 5.31. The molecular formula is C13H18N6O. The number of anilines is 2. The Morgan fingerprint density at radius 1 is 1.10 bits per heavy atom. The molecule has 20 heavy (non-hydrogen) atoms. The van der Waals surface area contributed by atoms with Crippen molar-refractivity contribution in [2.75, 3.05) is 17.9 Å². The highest BCUT2D eigenvalue weighted by Crippen LogP contribution is 2.19. The van der Waals surface area contributed by atoms with Gasteiger partial charge in [0.25, 0.3) is 0 Å². The Kier molecular flexibility index (Phi) is 4.31. The number of hydrogen-bond acceptors (Lipinski definition) is 7. The minimum atomic E-state index is 0.0494. The van der Waals surface area contributed by atoms with E-state index in [9.17, 15) is 0 Å². The lowest BCUT2D eigenvalue weighted by atomic mass is 10.1. The third-order valence-electron chi connectivity index (χ3n) is 2.85. The van der Waals surface area contributed by atoms with Crippen molar-refractivity contribution in [3.05, 3.63) is 35.4 Å². The van der Waals surface area contributed by atoms with E-state index < -0.39 is 0 Å². The van der Waals surface area contributed by atoms with Crippen molar-refractivity contribution >= 4 is 11.9 Å². The molecule has 1 aromatic heterocycles. The van der Waals surface area contributed by atoms with Crippen molar-refractivity contribution in [1.82, 2.24) is 15.0 Å². The minimum absolute atomic E-state index is 0.0494. The van der Waals surface area contributed by atoms with Gasteiger partial charge < -0.3 is 10.1 Å². The number of nitrogens with zero attached hydrogens (tertiary/aromatic N) is 3. The molecule has 0 fully saturated rings. The largest absolute Gasteiger partial charge is 0.467 e. The van der Waals surface area contributed by atoms with Crippen molar-refractivity contribution in [2.24, 2.45) is 5.84 Å². The van der Waals surface area contributed by atoms with E-state index in [2.05, 4.69) is 56.9 Å². The molecule has 2 rings (SSSR count). The molecule has 7 heteroatoms. The zero-order valence-corrected chi connectivity index (χ0v) is 11.7. The van der Waals surface area contributed by atoms with Crippen LogP contribution in [0.15, 0.2) is 24.3 Å². The molecular weight excluding hydrogens is 256 g/mol. The van der Waals surface area contributed by atoms with Crippen LogP contribution in [0.5, 0.6) is 6.01 Å². The van der Waals surface area contributed by atoms with Gasteiger partial charge in [-0.15, -0.1) is 0 Å². The summed E-state index contributed by atoms with van der Waals surface area (Å²) in [6.45, 7) is 4.08. The van der Waals surface area contributed by atoms with Crippen molar-refractivity contribution < 1.29 is 4.74 Å². The molecule has 0 aliphatic rings. The van der Waals surface area contributed by atoms with Crippen LogP contribution in [-0.2, 0) is 0 Å². The first-order valence-electron chi connectivity index (χ1n) is 6.22. The second kappa shape index (κ2) is 6.16. The quantitative estimate of drug-likeness (QED) is 0.563. The van der Waals surface area contributed by atoms with E-state index in [1.165, 1.54) is 12.7 Å². The number of hydrogen-bond donors (Lipinski definition) is 3. The fourth-order valence-electron chi connectivity index (χ4n) is 1.71. The zero-order valence-electron chi connectivity index (χ0n) is 11.7. The summed E-state index contributed by atoms with van der Waals surface area (Å²) in [6, 6.07) is 8.50. The molecule has 2 aromatic rings. The van der Waals surface area contributed by atoms with E-state index in [1.807, 2.05) is 6.92 Å². The molecule has 1 unspecified atom stereocenters. The summed E-state index contributed by atoms with van der Waals surface area (Å²) in [6.07, 6.45) is 0. The SMILES string of the molecule is COc1nc(NN)nc(NC(C)c2ccc(C)cc2)n1. The van der Waals surface area contributed by atoms with E-state index in [1.54, 1.807) is 0 Å². The molecule has 0 amide bonds. The van der Waals surface area contributed by atoms with Crippen LogP contribution in [0, 0.1) is 6.92 Å². The maximum Gasteiger partial charge on any atom is 0.322 e. The number of rotatable bonds is 5. The average molecular weight is 274 g/mol. The van der Waals surface area contributed by atoms with Crippen molar-refractivity contribution in [3.8, 4) is 6.01 Å². The number of aryl methyl sites for hydroxylation is 1. The first kappa shape index (κ1) is 14.0. The van der Waals surface area contributed by atoms with Crippen LogP contribution in [-0.4, -0.2) is 22.1 Å². The normalized spacial score (nSPS) is 11.8. The molecule has 7 nitrogen and oxygen atoms in total. The van der Waals surface area contributed by atoms with E-state index in [-0.39, 0.29) is 18.0 Å². The Labute approximate surface area is 117 Å². The second-order valence-electron chi connectivity index (χ2n) is 4.39. The monoisotopic (exact) mass is 274 g/mol. The van der Waals surface area contributed by atoms with Crippen LogP contribution in [0.4, 0.5) is 11.9 Å². The molecule has 106 valence electrons. The highest BCUT2D eigenvalue weighted by molar-refractivity contribution is 5.38. The van der Waals surface area contributed by atoms with Gasteiger partial charge in [-0.3, -0.25) is 5.43 Å². The Morgan fingerprint density at radius 3 is 2.35 bits per heavy atom. The van der Waals surface area contributed by atoms with Crippen molar-refractivity contribution in [3.63, 3.8) is 0 Å². The molecule has 1 aromatic carbocycles. The van der Waals surface area contributed by atoms with Crippen LogP contribution in [0.1, 0.15) is 24.1 Å². The fraction of sp³-hybridized carbons (Fsp3) is 0.308. The number of nitrogens with two attached hydrogens (primary N) is 1. The summed E-state index contributed by atoms with van der Waals surface area (Å²) < 4.78 is 5.00. The standard InChI is InChI=1S/C13H18N6O/c1-8-4-6-10(7-5-8)9(2)15-11-16-12(19-14)18-13(17-11)20-3/h4-7,9H,14H2,1-3H3,(H2,15,16,17,18,19). The van der Waals surface area contributed by atoms with Gasteiger partial charge in [-0.2, -0.15) is 15.0 Å². The Hall–Kier alpha value is -2.41. The molecule has 4 N–H and O–H groups in total. The Balaban J connectivity index is 2.18. The smallest absolute Gasteiger partial charge is 0.322 e. The molecule has 0 aliphatic carbocycles. The van der Waals surface area contributed by atoms with Crippen molar-refractivity contribution in [2.45, 2.75) is 19.9 Å². The first-order chi connectivity index (χ1) is 9.62.